The fourth-order valence-corrected chi connectivity index (χ4v) is 5.67. The molecule has 0 spiro atoms. The molecule has 7 heteroatoms. The Bertz CT molecular complexity index is 990. The highest BCUT2D eigenvalue weighted by Crippen LogP contribution is 2.29. The molecule has 1 atom stereocenters. The summed E-state index contributed by atoms with van der Waals surface area (Å²) >= 11 is 0. The number of benzene rings is 2. The summed E-state index contributed by atoms with van der Waals surface area (Å²) in [7, 11) is -4.07. The molecule has 0 aromatic heterocycles. The highest BCUT2D eigenvalue weighted by atomic mass is 32.2. The van der Waals surface area contributed by atoms with Crippen molar-refractivity contribution in [1.29, 1.82) is 0 Å². The number of nitrogens with one attached hydrogen (secondary N) is 1. The Hall–Kier alpha value is -2.25. The second-order valence-electron chi connectivity index (χ2n) is 7.03. The van der Waals surface area contributed by atoms with Gasteiger partial charge in [0.2, 0.25) is 15.9 Å². The van der Waals surface area contributed by atoms with Crippen LogP contribution in [-0.4, -0.2) is 31.2 Å². The van der Waals surface area contributed by atoms with Crippen LogP contribution in [0, 0.1) is 5.82 Å². The number of hydrogen-bond donors (Lipinski definition) is 1. The number of rotatable bonds is 4. The molecule has 1 heterocycles. The van der Waals surface area contributed by atoms with Crippen LogP contribution in [0.5, 0.6) is 0 Å². The number of fused-ring (bicyclic) bond motifs is 1. The maximum Gasteiger partial charge on any atom is 0.246 e. The van der Waals surface area contributed by atoms with Crippen molar-refractivity contribution in [3.05, 3.63) is 59.4 Å². The van der Waals surface area contributed by atoms with E-state index in [0.717, 1.165) is 29.6 Å². The van der Waals surface area contributed by atoms with E-state index in [-0.39, 0.29) is 17.3 Å². The van der Waals surface area contributed by atoms with Crippen LogP contribution in [0.1, 0.15) is 30.4 Å². The van der Waals surface area contributed by atoms with Crippen LogP contribution >= 0.6 is 0 Å². The third kappa shape index (κ3) is 3.37. The lowest BCUT2D eigenvalue weighted by molar-refractivity contribution is -0.119. The number of carbonyl (C=O) groups is 1. The number of aryl methyl sites for hydroxylation is 2. The highest BCUT2D eigenvalue weighted by molar-refractivity contribution is 7.89. The molecule has 1 saturated heterocycles. The van der Waals surface area contributed by atoms with E-state index in [9.17, 15) is 17.6 Å². The molecule has 142 valence electrons. The lowest BCUT2D eigenvalue weighted by Gasteiger charge is -2.23. The predicted octanol–water partition coefficient (Wildman–Crippen LogP) is 3.11. The fourth-order valence-electron chi connectivity index (χ4n) is 3.95. The number of carbonyl (C=O) groups excluding carboxylic acids is 1. The summed E-state index contributed by atoms with van der Waals surface area (Å²) in [5.74, 6) is -1.17. The molecule has 27 heavy (non-hydrogen) atoms. The zero-order valence-electron chi connectivity index (χ0n) is 14.8. The van der Waals surface area contributed by atoms with Crippen molar-refractivity contribution in [3.8, 4) is 0 Å². The molecule has 2 aliphatic rings. The molecule has 1 aliphatic heterocycles. The molecular weight excluding hydrogens is 367 g/mol. The molecule has 0 saturated carbocycles. The first kappa shape index (κ1) is 18.1. The van der Waals surface area contributed by atoms with Gasteiger partial charge in [0.25, 0.3) is 0 Å². The largest absolute Gasteiger partial charge is 0.325 e. The van der Waals surface area contributed by atoms with Crippen molar-refractivity contribution in [2.45, 2.75) is 43.0 Å². The first-order chi connectivity index (χ1) is 13.0. The number of amides is 1. The molecule has 5 nitrogen and oxygen atoms in total. The van der Waals surface area contributed by atoms with Gasteiger partial charge in [-0.1, -0.05) is 18.2 Å². The average Bonchev–Trinajstić information content (AvgIpc) is 3.31. The molecule has 0 unspecified atom stereocenters. The minimum absolute atomic E-state index is 0.207. The van der Waals surface area contributed by atoms with Crippen LogP contribution in [0.15, 0.2) is 47.4 Å². The Morgan fingerprint density at radius 3 is 2.67 bits per heavy atom. The Balaban J connectivity index is 1.56. The Morgan fingerprint density at radius 2 is 1.85 bits per heavy atom. The van der Waals surface area contributed by atoms with Gasteiger partial charge in [-0.15, -0.1) is 0 Å². The van der Waals surface area contributed by atoms with Gasteiger partial charge >= 0.3 is 0 Å². The van der Waals surface area contributed by atoms with Crippen LogP contribution in [0.25, 0.3) is 0 Å². The Labute approximate surface area is 158 Å². The number of sulfonamides is 1. The quantitative estimate of drug-likeness (QED) is 0.875. The van der Waals surface area contributed by atoms with E-state index in [4.69, 9.17) is 0 Å². The van der Waals surface area contributed by atoms with Gasteiger partial charge < -0.3 is 5.32 Å². The standard InChI is InChI=1S/C20H21FN2O3S/c21-17-7-1-2-9-19(17)27(25,26)23-12-4-8-18(23)20(24)22-16-11-10-14-5-3-6-15(14)13-16/h1-2,7,9-11,13,18H,3-6,8,12H2,(H,22,24)/t18-/m0/s1. The van der Waals surface area contributed by atoms with E-state index in [1.165, 1.54) is 29.3 Å². The monoisotopic (exact) mass is 388 g/mol. The molecule has 1 N–H and O–H groups in total. The molecule has 4 rings (SSSR count). The lowest BCUT2D eigenvalue weighted by atomic mass is 10.1. The van der Waals surface area contributed by atoms with Gasteiger partial charge in [-0.05, 0) is 67.5 Å². The molecule has 2 aromatic carbocycles. The van der Waals surface area contributed by atoms with E-state index < -0.39 is 21.9 Å². The van der Waals surface area contributed by atoms with Gasteiger partial charge in [0.1, 0.15) is 16.8 Å². The first-order valence-corrected chi connectivity index (χ1v) is 10.6. The van der Waals surface area contributed by atoms with E-state index >= 15 is 0 Å². The van der Waals surface area contributed by atoms with Crippen LogP contribution in [0.4, 0.5) is 10.1 Å². The van der Waals surface area contributed by atoms with Gasteiger partial charge in [0, 0.05) is 12.2 Å². The minimum Gasteiger partial charge on any atom is -0.325 e. The molecule has 1 fully saturated rings. The number of nitrogens with zero attached hydrogens (tertiary/aromatic N) is 1. The number of anilines is 1. The molecule has 0 bridgehead atoms. The molecular formula is C20H21FN2O3S. The minimum atomic E-state index is -4.07. The van der Waals surface area contributed by atoms with Crippen LogP contribution in [-0.2, 0) is 27.7 Å². The molecule has 1 aliphatic carbocycles. The summed E-state index contributed by atoms with van der Waals surface area (Å²) in [6, 6.07) is 10.3. The van der Waals surface area contributed by atoms with Gasteiger partial charge in [-0.2, -0.15) is 4.31 Å². The fraction of sp³-hybridized carbons (Fsp3) is 0.350. The van der Waals surface area contributed by atoms with Gasteiger partial charge in [-0.3, -0.25) is 4.79 Å². The number of halogens is 1. The van der Waals surface area contributed by atoms with Gasteiger partial charge in [-0.25, -0.2) is 12.8 Å². The van der Waals surface area contributed by atoms with E-state index in [0.29, 0.717) is 18.5 Å². The van der Waals surface area contributed by atoms with Crippen molar-refractivity contribution >= 4 is 21.6 Å². The summed E-state index contributed by atoms with van der Waals surface area (Å²) in [6.45, 7) is 0.207. The first-order valence-electron chi connectivity index (χ1n) is 9.16. The predicted molar refractivity (Wildman–Crippen MR) is 100 cm³/mol. The van der Waals surface area contributed by atoms with Crippen molar-refractivity contribution < 1.29 is 17.6 Å². The topological polar surface area (TPSA) is 66.5 Å². The third-order valence-electron chi connectivity index (χ3n) is 5.30. The normalized spacial score (nSPS) is 19.8. The summed E-state index contributed by atoms with van der Waals surface area (Å²) in [5.41, 5.74) is 3.21. The maximum atomic E-state index is 14.0. The molecule has 0 radical (unpaired) electrons. The Morgan fingerprint density at radius 1 is 1.07 bits per heavy atom. The zero-order valence-corrected chi connectivity index (χ0v) is 15.6. The molecule has 2 aromatic rings. The number of hydrogen-bond acceptors (Lipinski definition) is 3. The Kier molecular flexibility index (Phi) is 4.74. The van der Waals surface area contributed by atoms with Crippen molar-refractivity contribution in [3.63, 3.8) is 0 Å². The van der Waals surface area contributed by atoms with Crippen LogP contribution < -0.4 is 5.32 Å². The van der Waals surface area contributed by atoms with E-state index in [2.05, 4.69) is 5.32 Å². The van der Waals surface area contributed by atoms with Crippen LogP contribution in [0.3, 0.4) is 0 Å². The summed E-state index contributed by atoms with van der Waals surface area (Å²) in [4.78, 5) is 12.4. The van der Waals surface area contributed by atoms with Crippen molar-refractivity contribution in [2.24, 2.45) is 0 Å². The second-order valence-corrected chi connectivity index (χ2v) is 8.89. The van der Waals surface area contributed by atoms with Gasteiger partial charge in [0.05, 0.1) is 0 Å². The smallest absolute Gasteiger partial charge is 0.246 e. The summed E-state index contributed by atoms with van der Waals surface area (Å²) in [5, 5.41) is 2.84. The lowest BCUT2D eigenvalue weighted by Crippen LogP contribution is -2.43. The van der Waals surface area contributed by atoms with Crippen molar-refractivity contribution in [1.82, 2.24) is 4.31 Å². The average molecular weight is 388 g/mol. The SMILES string of the molecule is O=C(Nc1ccc2c(c1)CCC2)[C@@H]1CCCN1S(=O)(=O)c1ccccc1F. The van der Waals surface area contributed by atoms with Gasteiger partial charge in [0.15, 0.2) is 0 Å². The molecule has 1 amide bonds. The van der Waals surface area contributed by atoms with Crippen LogP contribution in [0.2, 0.25) is 0 Å². The van der Waals surface area contributed by atoms with Crippen molar-refractivity contribution in [2.75, 3.05) is 11.9 Å². The highest BCUT2D eigenvalue weighted by Gasteiger charge is 2.40. The summed E-state index contributed by atoms with van der Waals surface area (Å²) in [6.07, 6.45) is 4.15. The van der Waals surface area contributed by atoms with E-state index in [1.54, 1.807) is 0 Å². The maximum absolute atomic E-state index is 14.0. The van der Waals surface area contributed by atoms with E-state index in [1.807, 2.05) is 18.2 Å². The zero-order chi connectivity index (χ0) is 19.0. The third-order valence-corrected chi connectivity index (χ3v) is 7.24. The summed E-state index contributed by atoms with van der Waals surface area (Å²) < 4.78 is 40.9. The second kappa shape index (κ2) is 7.05.